The summed E-state index contributed by atoms with van der Waals surface area (Å²) in [5.74, 6) is 0.610. The summed E-state index contributed by atoms with van der Waals surface area (Å²) >= 11 is 11.9. The summed E-state index contributed by atoms with van der Waals surface area (Å²) in [6.07, 6.45) is 2.88. The van der Waals surface area contributed by atoms with Gasteiger partial charge in [0, 0.05) is 21.7 Å². The maximum absolute atomic E-state index is 11.9. The number of hydrogen-bond acceptors (Lipinski definition) is 4. The Morgan fingerprint density at radius 3 is 2.69 bits per heavy atom. The van der Waals surface area contributed by atoms with Gasteiger partial charge in [-0.25, -0.2) is 9.78 Å². The van der Waals surface area contributed by atoms with Gasteiger partial charge in [0.2, 0.25) is 5.89 Å². The van der Waals surface area contributed by atoms with E-state index in [2.05, 4.69) is 4.98 Å². The van der Waals surface area contributed by atoms with E-state index in [0.717, 1.165) is 5.56 Å². The summed E-state index contributed by atoms with van der Waals surface area (Å²) in [5, 5.41) is 0.992. The van der Waals surface area contributed by atoms with Gasteiger partial charge in [0.05, 0.1) is 0 Å². The summed E-state index contributed by atoms with van der Waals surface area (Å²) in [6.45, 7) is 1.81. The van der Waals surface area contributed by atoms with Gasteiger partial charge in [-0.05, 0) is 42.8 Å². The van der Waals surface area contributed by atoms with Crippen LogP contribution in [0.3, 0.4) is 0 Å². The maximum Gasteiger partial charge on any atom is 0.331 e. The number of nitrogens with zero attached hydrogens (tertiary/aromatic N) is 1. The molecule has 0 fully saturated rings. The van der Waals surface area contributed by atoms with E-state index in [1.54, 1.807) is 31.2 Å². The minimum atomic E-state index is -0.500. The van der Waals surface area contributed by atoms with Crippen LogP contribution in [0.4, 0.5) is 0 Å². The highest BCUT2D eigenvalue weighted by atomic mass is 35.5. The molecule has 0 atom stereocenters. The third-order valence-electron chi connectivity index (χ3n) is 3.63. The van der Waals surface area contributed by atoms with Crippen LogP contribution < -0.4 is 0 Å². The zero-order valence-corrected chi connectivity index (χ0v) is 15.4. The number of ether oxygens (including phenoxy) is 1. The van der Waals surface area contributed by atoms with Crippen molar-refractivity contribution >= 4 is 35.2 Å². The largest absolute Gasteiger partial charge is 0.456 e. The lowest BCUT2D eigenvalue weighted by Gasteiger charge is -2.00. The monoisotopic (exact) mass is 387 g/mol. The molecule has 0 aliphatic heterocycles. The van der Waals surface area contributed by atoms with Crippen molar-refractivity contribution in [1.82, 2.24) is 4.98 Å². The van der Waals surface area contributed by atoms with Crippen LogP contribution in [0.2, 0.25) is 10.0 Å². The number of carbonyl (C=O) groups is 1. The fourth-order valence-electron chi connectivity index (χ4n) is 2.25. The van der Waals surface area contributed by atoms with E-state index < -0.39 is 5.97 Å². The predicted octanol–water partition coefficient (Wildman–Crippen LogP) is 5.71. The van der Waals surface area contributed by atoms with Gasteiger partial charge in [-0.3, -0.25) is 0 Å². The molecule has 6 heteroatoms. The van der Waals surface area contributed by atoms with Gasteiger partial charge in [0.25, 0.3) is 0 Å². The van der Waals surface area contributed by atoms with Crippen LogP contribution in [0.25, 0.3) is 17.5 Å². The predicted molar refractivity (Wildman–Crippen MR) is 102 cm³/mol. The molecular formula is C20H15Cl2NO3. The molecule has 1 heterocycles. The van der Waals surface area contributed by atoms with Gasteiger partial charge in [0.15, 0.2) is 0 Å². The molecule has 0 aliphatic carbocycles. The molecule has 0 radical (unpaired) electrons. The van der Waals surface area contributed by atoms with Crippen molar-refractivity contribution in [3.8, 4) is 11.5 Å². The Morgan fingerprint density at radius 2 is 1.96 bits per heavy atom. The summed E-state index contributed by atoms with van der Waals surface area (Å²) in [7, 11) is 0. The molecule has 0 unspecified atom stereocenters. The van der Waals surface area contributed by atoms with Crippen LogP contribution in [0.1, 0.15) is 17.0 Å². The Balaban J connectivity index is 1.63. The lowest BCUT2D eigenvalue weighted by atomic mass is 10.2. The van der Waals surface area contributed by atoms with E-state index in [9.17, 15) is 4.79 Å². The van der Waals surface area contributed by atoms with E-state index in [0.29, 0.717) is 33.0 Å². The van der Waals surface area contributed by atoms with Crippen molar-refractivity contribution in [2.45, 2.75) is 13.5 Å². The van der Waals surface area contributed by atoms with Crippen LogP contribution in [0.15, 0.2) is 59.0 Å². The second-order valence-electron chi connectivity index (χ2n) is 5.49. The van der Waals surface area contributed by atoms with Crippen LogP contribution in [-0.2, 0) is 16.1 Å². The Kier molecular flexibility index (Phi) is 5.76. The van der Waals surface area contributed by atoms with Crippen molar-refractivity contribution in [3.05, 3.63) is 81.7 Å². The zero-order valence-electron chi connectivity index (χ0n) is 13.9. The molecule has 0 spiro atoms. The first-order valence-corrected chi connectivity index (χ1v) is 8.60. The average Bonchev–Trinajstić information content (AvgIpc) is 3.01. The van der Waals surface area contributed by atoms with E-state index >= 15 is 0 Å². The van der Waals surface area contributed by atoms with Crippen LogP contribution in [0.5, 0.6) is 0 Å². The molecule has 2 aromatic carbocycles. The molecule has 26 heavy (non-hydrogen) atoms. The molecule has 3 rings (SSSR count). The number of benzene rings is 2. The number of oxazole rings is 1. The van der Waals surface area contributed by atoms with E-state index in [4.69, 9.17) is 32.4 Å². The maximum atomic E-state index is 11.9. The first-order chi connectivity index (χ1) is 12.5. The van der Waals surface area contributed by atoms with Gasteiger partial charge in [0.1, 0.15) is 18.1 Å². The second kappa shape index (κ2) is 8.21. The van der Waals surface area contributed by atoms with E-state index in [1.807, 2.05) is 30.3 Å². The Morgan fingerprint density at radius 1 is 1.19 bits per heavy atom. The van der Waals surface area contributed by atoms with E-state index in [-0.39, 0.29) is 6.61 Å². The van der Waals surface area contributed by atoms with Crippen molar-refractivity contribution < 1.29 is 13.9 Å². The number of aromatic nitrogens is 1. The highest BCUT2D eigenvalue weighted by Gasteiger charge is 2.12. The number of aryl methyl sites for hydroxylation is 1. The summed E-state index contributed by atoms with van der Waals surface area (Å²) < 4.78 is 10.9. The normalized spacial score (nSPS) is 11.0. The molecule has 0 N–H and O–H groups in total. The zero-order chi connectivity index (χ0) is 18.5. The molecule has 0 saturated heterocycles. The first kappa shape index (κ1) is 18.2. The van der Waals surface area contributed by atoms with Gasteiger partial charge >= 0.3 is 5.97 Å². The third-order valence-corrected chi connectivity index (χ3v) is 4.19. The third kappa shape index (κ3) is 4.54. The topological polar surface area (TPSA) is 52.3 Å². The number of carbonyl (C=O) groups excluding carboxylic acids is 1. The van der Waals surface area contributed by atoms with Crippen molar-refractivity contribution in [2.75, 3.05) is 0 Å². The van der Waals surface area contributed by atoms with Crippen molar-refractivity contribution in [3.63, 3.8) is 0 Å². The molecule has 0 aliphatic rings. The van der Waals surface area contributed by atoms with Crippen LogP contribution in [-0.4, -0.2) is 11.0 Å². The lowest BCUT2D eigenvalue weighted by molar-refractivity contribution is -0.139. The highest BCUT2D eigenvalue weighted by molar-refractivity contribution is 6.35. The number of hydrogen-bond donors (Lipinski definition) is 0. The molecule has 4 nitrogen and oxygen atoms in total. The fourth-order valence-corrected chi connectivity index (χ4v) is 2.72. The molecule has 0 bridgehead atoms. The SMILES string of the molecule is Cc1oc(-c2ccccc2)nc1COC(=O)C=Cc1ccc(Cl)cc1Cl. The molecular weight excluding hydrogens is 373 g/mol. The minimum absolute atomic E-state index is 0.0275. The second-order valence-corrected chi connectivity index (χ2v) is 6.34. The summed E-state index contributed by atoms with van der Waals surface area (Å²) in [5.41, 5.74) is 2.12. The standard InChI is InChI=1S/C20H15Cl2NO3/c1-13-18(23-20(26-13)15-5-3-2-4-6-15)12-25-19(24)10-8-14-7-9-16(21)11-17(14)22/h2-11H,12H2,1H3. The molecule has 1 aromatic heterocycles. The van der Waals surface area contributed by atoms with Gasteiger partial charge in [-0.15, -0.1) is 0 Å². The van der Waals surface area contributed by atoms with Gasteiger partial charge in [-0.1, -0.05) is 47.5 Å². The highest BCUT2D eigenvalue weighted by Crippen LogP contribution is 2.23. The summed E-state index contributed by atoms with van der Waals surface area (Å²) in [4.78, 5) is 16.3. The molecule has 0 saturated carbocycles. The number of esters is 1. The van der Waals surface area contributed by atoms with Crippen molar-refractivity contribution in [2.24, 2.45) is 0 Å². The smallest absolute Gasteiger partial charge is 0.331 e. The van der Waals surface area contributed by atoms with Crippen LogP contribution in [0, 0.1) is 6.92 Å². The van der Waals surface area contributed by atoms with E-state index in [1.165, 1.54) is 6.08 Å². The minimum Gasteiger partial charge on any atom is -0.456 e. The van der Waals surface area contributed by atoms with Crippen molar-refractivity contribution in [1.29, 1.82) is 0 Å². The number of halogens is 2. The van der Waals surface area contributed by atoms with Crippen LogP contribution >= 0.6 is 23.2 Å². The molecule has 132 valence electrons. The van der Waals surface area contributed by atoms with Gasteiger partial charge in [-0.2, -0.15) is 0 Å². The quantitative estimate of drug-likeness (QED) is 0.415. The summed E-state index contributed by atoms with van der Waals surface area (Å²) in [6, 6.07) is 14.6. The number of rotatable bonds is 5. The van der Waals surface area contributed by atoms with Gasteiger partial charge < -0.3 is 9.15 Å². The molecule has 3 aromatic rings. The fraction of sp³-hybridized carbons (Fsp3) is 0.100. The Hall–Kier alpha value is -2.56. The first-order valence-electron chi connectivity index (χ1n) is 7.84. The Labute approximate surface area is 161 Å². The Bertz CT molecular complexity index is 949. The lowest BCUT2D eigenvalue weighted by Crippen LogP contribution is -2.02. The molecule has 0 amide bonds. The average molecular weight is 388 g/mol.